The summed E-state index contributed by atoms with van der Waals surface area (Å²) in [6, 6.07) is 13.5. The number of para-hydroxylation sites is 1. The first-order chi connectivity index (χ1) is 11.6. The standard InChI is InChI=1S/C16H12ClFN4OS/c17-11-6-7-13(18)14(8-11)20-15(23)9-24-16-19-10-22(21-16)12-4-2-1-3-5-12/h1-8,10H,9H2,(H,20,23). The minimum absolute atomic E-state index is 0.0517. The molecule has 2 aromatic carbocycles. The van der Waals surface area contributed by atoms with Crippen LogP contribution in [0, 0.1) is 5.82 Å². The molecule has 0 saturated heterocycles. The Hall–Kier alpha value is -2.38. The molecule has 1 N–H and O–H groups in total. The van der Waals surface area contributed by atoms with Gasteiger partial charge in [-0.2, -0.15) is 0 Å². The molecule has 0 aliphatic rings. The molecule has 3 rings (SSSR count). The summed E-state index contributed by atoms with van der Waals surface area (Å²) in [5, 5.41) is 7.57. The smallest absolute Gasteiger partial charge is 0.234 e. The zero-order chi connectivity index (χ0) is 16.9. The molecule has 0 saturated carbocycles. The maximum absolute atomic E-state index is 13.6. The van der Waals surface area contributed by atoms with Crippen LogP contribution in [0.1, 0.15) is 0 Å². The van der Waals surface area contributed by atoms with Crippen molar-refractivity contribution in [1.82, 2.24) is 14.8 Å². The Balaban J connectivity index is 1.59. The number of amides is 1. The third kappa shape index (κ3) is 4.12. The van der Waals surface area contributed by atoms with Gasteiger partial charge in [-0.15, -0.1) is 5.10 Å². The molecule has 0 radical (unpaired) electrons. The Bertz CT molecular complexity index is 856. The van der Waals surface area contributed by atoms with Crippen molar-refractivity contribution in [1.29, 1.82) is 0 Å². The van der Waals surface area contributed by atoms with Gasteiger partial charge in [0.15, 0.2) is 0 Å². The highest BCUT2D eigenvalue weighted by molar-refractivity contribution is 7.99. The van der Waals surface area contributed by atoms with Gasteiger partial charge in [0.1, 0.15) is 12.1 Å². The van der Waals surface area contributed by atoms with Crippen molar-refractivity contribution in [2.45, 2.75) is 5.16 Å². The fraction of sp³-hybridized carbons (Fsp3) is 0.0625. The van der Waals surface area contributed by atoms with Gasteiger partial charge in [0.25, 0.3) is 0 Å². The Labute approximate surface area is 146 Å². The second-order valence-electron chi connectivity index (χ2n) is 4.77. The molecule has 0 atom stereocenters. The zero-order valence-corrected chi connectivity index (χ0v) is 13.9. The fourth-order valence-electron chi connectivity index (χ4n) is 1.93. The summed E-state index contributed by atoms with van der Waals surface area (Å²) in [5.74, 6) is -0.841. The van der Waals surface area contributed by atoms with E-state index in [1.54, 1.807) is 11.0 Å². The first-order valence-corrected chi connectivity index (χ1v) is 8.33. The molecular formula is C16H12ClFN4OS. The summed E-state index contributed by atoms with van der Waals surface area (Å²) in [6.45, 7) is 0. The molecule has 0 spiro atoms. The quantitative estimate of drug-likeness (QED) is 0.701. The summed E-state index contributed by atoms with van der Waals surface area (Å²) in [4.78, 5) is 16.1. The lowest BCUT2D eigenvalue weighted by molar-refractivity contribution is -0.113. The van der Waals surface area contributed by atoms with Crippen LogP contribution in [0.3, 0.4) is 0 Å². The summed E-state index contributed by atoms with van der Waals surface area (Å²) >= 11 is 6.95. The van der Waals surface area contributed by atoms with Crippen LogP contribution >= 0.6 is 23.4 Å². The maximum Gasteiger partial charge on any atom is 0.234 e. The minimum Gasteiger partial charge on any atom is -0.323 e. The number of benzene rings is 2. The van der Waals surface area contributed by atoms with Crippen LogP contribution in [0.5, 0.6) is 0 Å². The number of hydrogen-bond acceptors (Lipinski definition) is 4. The van der Waals surface area contributed by atoms with Crippen molar-refractivity contribution in [3.05, 3.63) is 65.7 Å². The number of hydrogen-bond donors (Lipinski definition) is 1. The normalized spacial score (nSPS) is 10.6. The number of carbonyl (C=O) groups is 1. The van der Waals surface area contributed by atoms with Crippen molar-refractivity contribution in [3.63, 3.8) is 0 Å². The summed E-state index contributed by atoms with van der Waals surface area (Å²) < 4.78 is 15.2. The number of aromatic nitrogens is 3. The van der Waals surface area contributed by atoms with Crippen molar-refractivity contribution in [2.75, 3.05) is 11.1 Å². The molecule has 24 heavy (non-hydrogen) atoms. The molecule has 5 nitrogen and oxygen atoms in total. The second-order valence-corrected chi connectivity index (χ2v) is 6.15. The average Bonchev–Trinajstić information content (AvgIpc) is 3.06. The van der Waals surface area contributed by atoms with Gasteiger partial charge in [-0.3, -0.25) is 4.79 Å². The van der Waals surface area contributed by atoms with Gasteiger partial charge >= 0.3 is 0 Å². The molecule has 8 heteroatoms. The van der Waals surface area contributed by atoms with Crippen LogP contribution in [0.15, 0.2) is 60.0 Å². The number of nitrogens with zero attached hydrogens (tertiary/aromatic N) is 3. The van der Waals surface area contributed by atoms with Crippen LogP contribution in [0.2, 0.25) is 5.02 Å². The van der Waals surface area contributed by atoms with Gasteiger partial charge in [-0.05, 0) is 30.3 Å². The topological polar surface area (TPSA) is 59.8 Å². The Morgan fingerprint density at radius 1 is 1.25 bits per heavy atom. The van der Waals surface area contributed by atoms with Gasteiger partial charge in [0.05, 0.1) is 17.1 Å². The molecule has 3 aromatic rings. The molecular weight excluding hydrogens is 351 g/mol. The monoisotopic (exact) mass is 362 g/mol. The van der Waals surface area contributed by atoms with E-state index in [1.807, 2.05) is 30.3 Å². The molecule has 0 unspecified atom stereocenters. The predicted octanol–water partition coefficient (Wildman–Crippen LogP) is 3.79. The first kappa shape index (κ1) is 16.5. The number of carbonyl (C=O) groups excluding carboxylic acids is 1. The SMILES string of the molecule is O=C(CSc1ncn(-c2ccccc2)n1)Nc1cc(Cl)ccc1F. The lowest BCUT2D eigenvalue weighted by Gasteiger charge is -2.05. The Kier molecular flexibility index (Phi) is 5.12. The van der Waals surface area contributed by atoms with E-state index in [0.717, 1.165) is 17.4 Å². The Morgan fingerprint density at radius 2 is 2.04 bits per heavy atom. The second kappa shape index (κ2) is 7.46. The highest BCUT2D eigenvalue weighted by atomic mass is 35.5. The minimum atomic E-state index is -0.538. The van der Waals surface area contributed by atoms with Gasteiger partial charge in [0, 0.05) is 5.02 Å². The van der Waals surface area contributed by atoms with E-state index in [4.69, 9.17) is 11.6 Å². The number of halogens is 2. The summed E-state index contributed by atoms with van der Waals surface area (Å²) in [7, 11) is 0. The van der Waals surface area contributed by atoms with E-state index < -0.39 is 5.82 Å². The van der Waals surface area contributed by atoms with Crippen molar-refractivity contribution < 1.29 is 9.18 Å². The predicted molar refractivity (Wildman–Crippen MR) is 92.1 cm³/mol. The molecule has 122 valence electrons. The maximum atomic E-state index is 13.6. The molecule has 0 bridgehead atoms. The number of anilines is 1. The Morgan fingerprint density at radius 3 is 2.83 bits per heavy atom. The summed E-state index contributed by atoms with van der Waals surface area (Å²) in [5.41, 5.74) is 0.929. The van der Waals surface area contributed by atoms with E-state index in [0.29, 0.717) is 10.2 Å². The lowest BCUT2D eigenvalue weighted by Crippen LogP contribution is -2.15. The molecule has 0 aliphatic carbocycles. The van der Waals surface area contributed by atoms with Gasteiger partial charge in [-0.1, -0.05) is 41.6 Å². The third-order valence-corrected chi connectivity index (χ3v) is 4.11. The van der Waals surface area contributed by atoms with Crippen molar-refractivity contribution >= 4 is 35.0 Å². The van der Waals surface area contributed by atoms with Crippen LogP contribution in [-0.2, 0) is 4.79 Å². The van der Waals surface area contributed by atoms with E-state index in [9.17, 15) is 9.18 Å². The number of nitrogens with one attached hydrogen (secondary N) is 1. The van der Waals surface area contributed by atoms with Crippen LogP contribution in [0.4, 0.5) is 10.1 Å². The van der Waals surface area contributed by atoms with Crippen molar-refractivity contribution in [2.24, 2.45) is 0 Å². The molecule has 0 fully saturated rings. The van der Waals surface area contributed by atoms with Gasteiger partial charge in [0.2, 0.25) is 11.1 Å². The lowest BCUT2D eigenvalue weighted by atomic mass is 10.3. The summed E-state index contributed by atoms with van der Waals surface area (Å²) in [6.07, 6.45) is 1.58. The van der Waals surface area contributed by atoms with E-state index in [2.05, 4.69) is 15.4 Å². The highest BCUT2D eigenvalue weighted by Crippen LogP contribution is 2.20. The molecule has 1 amide bonds. The van der Waals surface area contributed by atoms with E-state index in [1.165, 1.54) is 18.2 Å². The van der Waals surface area contributed by atoms with Gasteiger partial charge in [-0.25, -0.2) is 14.1 Å². The van der Waals surface area contributed by atoms with Crippen molar-refractivity contribution in [3.8, 4) is 5.69 Å². The van der Waals surface area contributed by atoms with Crippen LogP contribution in [-0.4, -0.2) is 26.4 Å². The third-order valence-electron chi connectivity index (χ3n) is 3.03. The molecule has 1 aromatic heterocycles. The first-order valence-electron chi connectivity index (χ1n) is 6.96. The zero-order valence-electron chi connectivity index (χ0n) is 12.3. The van der Waals surface area contributed by atoms with Crippen LogP contribution in [0.25, 0.3) is 5.69 Å². The van der Waals surface area contributed by atoms with Gasteiger partial charge < -0.3 is 5.32 Å². The highest BCUT2D eigenvalue weighted by Gasteiger charge is 2.10. The van der Waals surface area contributed by atoms with E-state index >= 15 is 0 Å². The average molecular weight is 363 g/mol. The molecule has 0 aliphatic heterocycles. The molecule has 1 heterocycles. The van der Waals surface area contributed by atoms with Crippen LogP contribution < -0.4 is 5.32 Å². The van der Waals surface area contributed by atoms with E-state index in [-0.39, 0.29) is 17.3 Å². The number of thioether (sulfide) groups is 1. The fourth-order valence-corrected chi connectivity index (χ4v) is 2.70. The largest absolute Gasteiger partial charge is 0.323 e. The number of rotatable bonds is 5.